The molecule has 1 aromatic carbocycles. The van der Waals surface area contributed by atoms with Crippen LogP contribution in [0.3, 0.4) is 0 Å². The number of nitrogens with zero attached hydrogens (tertiary/aromatic N) is 6. The van der Waals surface area contributed by atoms with Gasteiger partial charge in [0.2, 0.25) is 3.79 Å². The molecular weight excluding hydrogens is 500 g/mol. The van der Waals surface area contributed by atoms with Crippen molar-refractivity contribution < 1.29 is 32.8 Å². The fourth-order valence-electron chi connectivity index (χ4n) is 2.01. The van der Waals surface area contributed by atoms with Crippen LogP contribution in [0.1, 0.15) is 17.0 Å². The van der Waals surface area contributed by atoms with E-state index in [4.69, 9.17) is 40.1 Å². The topological polar surface area (TPSA) is 165 Å². The summed E-state index contributed by atoms with van der Waals surface area (Å²) in [5, 5.41) is 31.4. The average molecular weight is 503 g/mol. The maximum atomic E-state index is 13.0. The lowest BCUT2D eigenvalue weighted by Gasteiger charge is -2.09. The summed E-state index contributed by atoms with van der Waals surface area (Å²) >= 11 is 16.7. The van der Waals surface area contributed by atoms with E-state index in [1.165, 1.54) is 6.07 Å². The first-order valence-corrected chi connectivity index (χ1v) is 8.33. The second-order valence-corrected chi connectivity index (χ2v) is 7.53. The highest BCUT2D eigenvalue weighted by molar-refractivity contribution is 6.66. The molecule has 0 amide bonds. The van der Waals surface area contributed by atoms with Gasteiger partial charge in [0.15, 0.2) is 5.82 Å². The van der Waals surface area contributed by atoms with E-state index >= 15 is 0 Å². The van der Waals surface area contributed by atoms with Gasteiger partial charge in [0.1, 0.15) is 11.6 Å². The number of hydrogen-bond donors (Lipinski definition) is 0. The van der Waals surface area contributed by atoms with E-state index in [-0.39, 0.29) is 12.1 Å². The van der Waals surface area contributed by atoms with Gasteiger partial charge < -0.3 is 0 Å². The van der Waals surface area contributed by atoms with Crippen LogP contribution in [0.25, 0.3) is 0 Å². The standard InChI is InChI=1S/C13H3Cl3F3N6O6/c14-12(15,16)11-21-4-5(3-20)10(22-11)31-25(30)9-7(23(26)27)1-6(13(17,18)19)2-8(9)24(28)29/h1-2,4H/q+1. The van der Waals surface area contributed by atoms with Gasteiger partial charge >= 0.3 is 29.1 Å². The van der Waals surface area contributed by atoms with Crippen molar-refractivity contribution in [1.82, 2.24) is 9.97 Å². The first kappa shape index (κ1) is 23.9. The Morgan fingerprint density at radius 3 is 1.97 bits per heavy atom. The minimum atomic E-state index is -5.21. The molecule has 0 radical (unpaired) electrons. The maximum Gasteiger partial charge on any atom is 0.469 e. The Hall–Kier alpha value is -3.35. The quantitative estimate of drug-likeness (QED) is 0.327. The normalized spacial score (nSPS) is 11.5. The summed E-state index contributed by atoms with van der Waals surface area (Å²) < 4.78 is 36.6. The molecule has 0 N–H and O–H groups in total. The number of rotatable bonds is 5. The van der Waals surface area contributed by atoms with Gasteiger partial charge in [0.25, 0.3) is 4.92 Å². The molecule has 0 aliphatic carbocycles. The molecule has 0 unspecified atom stereocenters. The van der Waals surface area contributed by atoms with E-state index in [0.717, 1.165) is 6.20 Å². The molecule has 0 spiro atoms. The Morgan fingerprint density at radius 1 is 1.06 bits per heavy atom. The number of nitro groups is 2. The summed E-state index contributed by atoms with van der Waals surface area (Å²) in [6.45, 7) is 0. The Morgan fingerprint density at radius 2 is 1.58 bits per heavy atom. The maximum absolute atomic E-state index is 13.0. The van der Waals surface area contributed by atoms with Crippen LogP contribution in [-0.4, -0.2) is 24.7 Å². The largest absolute Gasteiger partial charge is 0.469 e. The van der Waals surface area contributed by atoms with Crippen molar-refractivity contribution in [3.63, 3.8) is 0 Å². The van der Waals surface area contributed by atoms with E-state index in [1.54, 1.807) is 0 Å². The van der Waals surface area contributed by atoms with E-state index < -0.39 is 64.6 Å². The molecule has 2 aromatic rings. The highest BCUT2D eigenvalue weighted by Gasteiger charge is 2.46. The Bertz CT molecular complexity index is 1110. The van der Waals surface area contributed by atoms with Gasteiger partial charge in [-0.15, -0.1) is 0 Å². The van der Waals surface area contributed by atoms with Crippen LogP contribution in [0.4, 0.5) is 30.2 Å². The van der Waals surface area contributed by atoms with Gasteiger partial charge in [-0.1, -0.05) is 34.8 Å². The molecule has 0 saturated heterocycles. The van der Waals surface area contributed by atoms with Crippen molar-refractivity contribution in [2.45, 2.75) is 9.97 Å². The number of aromatic nitrogens is 2. The Balaban J connectivity index is 2.69. The summed E-state index contributed by atoms with van der Waals surface area (Å²) in [6, 6.07) is 1.27. The number of benzene rings is 1. The lowest BCUT2D eigenvalue weighted by atomic mass is 10.1. The van der Waals surface area contributed by atoms with Gasteiger partial charge in [0, 0.05) is 12.1 Å². The molecule has 0 aliphatic rings. The van der Waals surface area contributed by atoms with Crippen LogP contribution in [0, 0.1) is 36.5 Å². The van der Waals surface area contributed by atoms with Crippen LogP contribution >= 0.6 is 34.8 Å². The lowest BCUT2D eigenvalue weighted by Crippen LogP contribution is -2.16. The van der Waals surface area contributed by atoms with Crippen LogP contribution in [-0.2, 0) is 9.97 Å². The summed E-state index contributed by atoms with van der Waals surface area (Å²) in [5.74, 6) is -1.56. The smallest absolute Gasteiger partial charge is 0.258 e. The SMILES string of the molecule is N#Cc1cnc(C(Cl)(Cl)Cl)nc1O[N+](=O)c1c([N+](=O)[O-])cc(C(F)(F)F)cc1[N+](=O)[O-]. The molecule has 12 nitrogen and oxygen atoms in total. The first-order valence-electron chi connectivity index (χ1n) is 7.20. The second kappa shape index (κ2) is 8.41. The molecular formula is C13H3Cl3F3N6O6+. The van der Waals surface area contributed by atoms with Crippen LogP contribution < -0.4 is 4.84 Å². The molecule has 0 fully saturated rings. The average Bonchev–Trinajstić information content (AvgIpc) is 2.65. The third-order valence-corrected chi connectivity index (χ3v) is 3.78. The van der Waals surface area contributed by atoms with Crippen LogP contribution in [0.5, 0.6) is 5.88 Å². The predicted molar refractivity (Wildman–Crippen MR) is 94.7 cm³/mol. The Kier molecular flexibility index (Phi) is 6.49. The highest BCUT2D eigenvalue weighted by atomic mass is 35.6. The zero-order valence-electron chi connectivity index (χ0n) is 14.1. The van der Waals surface area contributed by atoms with Crippen molar-refractivity contribution in [3.8, 4) is 11.9 Å². The molecule has 1 aromatic heterocycles. The molecule has 18 heteroatoms. The van der Waals surface area contributed by atoms with Crippen LogP contribution in [0.15, 0.2) is 18.3 Å². The monoisotopic (exact) mass is 501 g/mol. The lowest BCUT2D eigenvalue weighted by molar-refractivity contribution is -0.702. The molecule has 162 valence electrons. The van der Waals surface area contributed by atoms with Crippen molar-refractivity contribution in [1.29, 1.82) is 5.26 Å². The zero-order valence-corrected chi connectivity index (χ0v) is 16.4. The minimum Gasteiger partial charge on any atom is -0.258 e. The zero-order chi connectivity index (χ0) is 23.7. The highest BCUT2D eigenvalue weighted by Crippen LogP contribution is 2.43. The molecule has 0 bridgehead atoms. The molecule has 0 atom stereocenters. The third-order valence-electron chi connectivity index (χ3n) is 3.27. The van der Waals surface area contributed by atoms with Crippen molar-refractivity contribution in [2.75, 3.05) is 0 Å². The van der Waals surface area contributed by atoms with E-state index in [1.807, 2.05) is 0 Å². The van der Waals surface area contributed by atoms with Crippen molar-refractivity contribution >= 4 is 51.9 Å². The number of nitro benzene ring substituents is 2. The van der Waals surface area contributed by atoms with Gasteiger partial charge in [0.05, 0.1) is 26.5 Å². The predicted octanol–water partition coefficient (Wildman–Crippen LogP) is 4.41. The summed E-state index contributed by atoms with van der Waals surface area (Å²) in [5.41, 5.74) is -7.06. The molecule has 1 heterocycles. The second-order valence-electron chi connectivity index (χ2n) is 5.25. The first-order chi connectivity index (χ1) is 14.2. The van der Waals surface area contributed by atoms with E-state index in [0.29, 0.717) is 0 Å². The fraction of sp³-hybridized carbons (Fsp3) is 0.154. The van der Waals surface area contributed by atoms with Crippen molar-refractivity contribution in [2.24, 2.45) is 0 Å². The van der Waals surface area contributed by atoms with Crippen LogP contribution in [0.2, 0.25) is 0 Å². The number of halogens is 6. The summed E-state index contributed by atoms with van der Waals surface area (Å²) in [4.78, 5) is 42.6. The molecule has 2 rings (SSSR count). The molecule has 0 aliphatic heterocycles. The number of hydrogen-bond acceptors (Lipinski definition) is 9. The van der Waals surface area contributed by atoms with E-state index in [2.05, 4.69) is 14.8 Å². The van der Waals surface area contributed by atoms with E-state index in [9.17, 15) is 38.3 Å². The molecule has 0 saturated carbocycles. The van der Waals surface area contributed by atoms with Gasteiger partial charge in [-0.2, -0.15) is 28.3 Å². The summed E-state index contributed by atoms with van der Waals surface area (Å²) in [7, 11) is 0. The minimum absolute atomic E-state index is 0.103. The van der Waals surface area contributed by atoms with Crippen molar-refractivity contribution in [3.05, 3.63) is 60.4 Å². The van der Waals surface area contributed by atoms with Gasteiger partial charge in [-0.05, 0) is 0 Å². The fourth-order valence-corrected chi connectivity index (χ4v) is 2.28. The van der Waals surface area contributed by atoms with Gasteiger partial charge in [-0.3, -0.25) is 20.2 Å². The number of alkyl halides is 6. The molecule has 31 heavy (non-hydrogen) atoms. The number of nitriles is 1. The third kappa shape index (κ3) is 5.23. The van der Waals surface area contributed by atoms with Gasteiger partial charge in [-0.25, -0.2) is 4.98 Å². The summed E-state index contributed by atoms with van der Waals surface area (Å²) in [6.07, 6.45) is -4.47. The Labute approximate surface area is 182 Å².